The first-order valence-electron chi connectivity index (χ1n) is 11.2. The number of benzene rings is 1. The molecule has 6 nitrogen and oxygen atoms in total. The van der Waals surface area contributed by atoms with E-state index in [0.29, 0.717) is 23.3 Å². The number of hydrogen-bond acceptors (Lipinski definition) is 5. The Hall–Kier alpha value is -3.67. The molecule has 0 saturated heterocycles. The number of nitrogens with zero attached hydrogens (tertiary/aromatic N) is 1. The van der Waals surface area contributed by atoms with Crippen molar-refractivity contribution < 1.29 is 14.1 Å². The molecule has 0 aliphatic carbocycles. The Labute approximate surface area is 201 Å². The van der Waals surface area contributed by atoms with E-state index in [2.05, 4.69) is 32.1 Å². The standard InChI is InChI=1S/C28H33NO5/c1-18(8-13-26-22(5)27(30)23(6)28(33-7)34-26)14-19(2)15-20(3)16-21(4)17-24-9-11-25(12-10-24)29(31)32/h9-12,14-17H,8,13H2,1-7H3/b18-14+,19-15+,20-16+,21-17+. The number of ether oxygens (including phenoxy) is 1. The third kappa shape index (κ3) is 7.44. The van der Waals surface area contributed by atoms with E-state index >= 15 is 0 Å². The third-order valence-corrected chi connectivity index (χ3v) is 5.44. The van der Waals surface area contributed by atoms with E-state index in [4.69, 9.17) is 9.15 Å². The number of nitro benzene ring substituents is 1. The zero-order chi connectivity index (χ0) is 25.4. The van der Waals surface area contributed by atoms with E-state index in [-0.39, 0.29) is 17.1 Å². The second kappa shape index (κ2) is 12.0. The lowest BCUT2D eigenvalue weighted by molar-refractivity contribution is -0.384. The first-order chi connectivity index (χ1) is 16.0. The maximum atomic E-state index is 12.4. The highest BCUT2D eigenvalue weighted by molar-refractivity contribution is 5.57. The van der Waals surface area contributed by atoms with Gasteiger partial charge in [-0.2, -0.15) is 0 Å². The highest BCUT2D eigenvalue weighted by Gasteiger charge is 2.14. The zero-order valence-electron chi connectivity index (χ0n) is 21.0. The van der Waals surface area contributed by atoms with Crippen molar-refractivity contribution >= 4 is 11.8 Å². The summed E-state index contributed by atoms with van der Waals surface area (Å²) in [7, 11) is 1.50. The van der Waals surface area contributed by atoms with Crippen molar-refractivity contribution in [3.8, 4) is 5.95 Å². The van der Waals surface area contributed by atoms with Crippen molar-refractivity contribution in [1.29, 1.82) is 0 Å². The van der Waals surface area contributed by atoms with E-state index in [1.165, 1.54) is 24.8 Å². The van der Waals surface area contributed by atoms with Crippen molar-refractivity contribution in [2.45, 2.75) is 54.4 Å². The highest BCUT2D eigenvalue weighted by Crippen LogP contribution is 2.21. The molecule has 34 heavy (non-hydrogen) atoms. The Morgan fingerprint density at radius 3 is 2.15 bits per heavy atom. The zero-order valence-corrected chi connectivity index (χ0v) is 21.0. The van der Waals surface area contributed by atoms with Crippen LogP contribution in [0.2, 0.25) is 0 Å². The lowest BCUT2D eigenvalue weighted by atomic mass is 10.0. The molecule has 180 valence electrons. The predicted molar refractivity (Wildman–Crippen MR) is 137 cm³/mol. The smallest absolute Gasteiger partial charge is 0.291 e. The third-order valence-electron chi connectivity index (χ3n) is 5.44. The molecule has 0 fully saturated rings. The summed E-state index contributed by atoms with van der Waals surface area (Å²) >= 11 is 0. The Balaban J connectivity index is 2.08. The topological polar surface area (TPSA) is 82.6 Å². The molecule has 0 spiro atoms. The first-order valence-corrected chi connectivity index (χ1v) is 11.2. The maximum absolute atomic E-state index is 12.4. The molecule has 0 bridgehead atoms. The molecule has 0 saturated carbocycles. The summed E-state index contributed by atoms with van der Waals surface area (Å²) < 4.78 is 11.0. The Morgan fingerprint density at radius 2 is 1.56 bits per heavy atom. The van der Waals surface area contributed by atoms with Crippen molar-refractivity contribution in [3.63, 3.8) is 0 Å². The summed E-state index contributed by atoms with van der Waals surface area (Å²) in [4.78, 5) is 22.7. The Bertz CT molecular complexity index is 1220. The van der Waals surface area contributed by atoms with Crippen LogP contribution >= 0.6 is 0 Å². The number of nitro groups is 1. The molecule has 0 radical (unpaired) electrons. The lowest BCUT2D eigenvalue weighted by Gasteiger charge is -2.09. The minimum absolute atomic E-state index is 0.0336. The van der Waals surface area contributed by atoms with Crippen molar-refractivity contribution in [2.24, 2.45) is 0 Å². The van der Waals surface area contributed by atoms with Gasteiger partial charge in [-0.25, -0.2) is 0 Å². The Morgan fingerprint density at radius 1 is 0.971 bits per heavy atom. The maximum Gasteiger partial charge on any atom is 0.291 e. The molecule has 2 rings (SSSR count). The molecule has 0 atom stereocenters. The van der Waals surface area contributed by atoms with Gasteiger partial charge in [0, 0.05) is 24.1 Å². The molecule has 1 aromatic heterocycles. The van der Waals surface area contributed by atoms with Crippen LogP contribution in [0.25, 0.3) is 6.08 Å². The molecule has 1 heterocycles. The van der Waals surface area contributed by atoms with Gasteiger partial charge in [-0.15, -0.1) is 0 Å². The van der Waals surface area contributed by atoms with Gasteiger partial charge < -0.3 is 9.15 Å². The van der Waals surface area contributed by atoms with Crippen molar-refractivity contribution in [1.82, 2.24) is 0 Å². The van der Waals surface area contributed by atoms with E-state index in [9.17, 15) is 14.9 Å². The van der Waals surface area contributed by atoms with Crippen LogP contribution in [-0.4, -0.2) is 12.0 Å². The first kappa shape index (κ1) is 26.6. The molecule has 0 aliphatic rings. The SMILES string of the molecule is COc1oc(CC/C(C)=C/C(C)=C/C(C)=C/C(C)=C/c2ccc([N+](=O)[O-])cc2)c(C)c(=O)c1C. The average molecular weight is 464 g/mol. The van der Waals surface area contributed by atoms with Crippen LogP contribution in [0.1, 0.15) is 56.6 Å². The minimum atomic E-state index is -0.401. The van der Waals surface area contributed by atoms with Crippen molar-refractivity contribution in [2.75, 3.05) is 7.11 Å². The quantitative estimate of drug-likeness (QED) is 0.226. The summed E-state index contributed by atoms with van der Waals surface area (Å²) in [6.45, 7) is 11.7. The molecule has 0 unspecified atom stereocenters. The van der Waals surface area contributed by atoms with E-state index in [0.717, 1.165) is 28.7 Å². The summed E-state index contributed by atoms with van der Waals surface area (Å²) in [6, 6.07) is 6.50. The normalized spacial score (nSPS) is 13.3. The molecule has 1 aromatic carbocycles. The van der Waals surface area contributed by atoms with Crippen LogP contribution in [0, 0.1) is 24.0 Å². The number of allylic oxidation sites excluding steroid dienone is 7. The molecule has 6 heteroatoms. The van der Waals surface area contributed by atoms with Crippen LogP contribution < -0.4 is 10.2 Å². The fourth-order valence-electron chi connectivity index (χ4n) is 3.77. The second-order valence-electron chi connectivity index (χ2n) is 8.60. The van der Waals surface area contributed by atoms with Gasteiger partial charge in [0.1, 0.15) is 5.76 Å². The molecular weight excluding hydrogens is 430 g/mol. The molecule has 0 aliphatic heterocycles. The van der Waals surface area contributed by atoms with Gasteiger partial charge >= 0.3 is 0 Å². The van der Waals surface area contributed by atoms with Crippen molar-refractivity contribution in [3.05, 3.63) is 108 Å². The fourth-order valence-corrected chi connectivity index (χ4v) is 3.77. The summed E-state index contributed by atoms with van der Waals surface area (Å²) in [5.41, 5.74) is 6.54. The molecular formula is C28H33NO5. The lowest BCUT2D eigenvalue weighted by Crippen LogP contribution is -2.13. The van der Waals surface area contributed by atoms with Gasteiger partial charge in [0.15, 0.2) is 5.43 Å². The van der Waals surface area contributed by atoms with Gasteiger partial charge in [0.05, 0.1) is 17.6 Å². The summed E-state index contributed by atoms with van der Waals surface area (Å²) in [6.07, 6.45) is 9.69. The van der Waals surface area contributed by atoms with E-state index < -0.39 is 4.92 Å². The number of aryl methyl sites for hydroxylation is 1. The minimum Gasteiger partial charge on any atom is -0.468 e. The summed E-state index contributed by atoms with van der Waals surface area (Å²) in [5, 5.41) is 10.8. The van der Waals surface area contributed by atoms with Crippen LogP contribution in [0.4, 0.5) is 5.69 Å². The highest BCUT2D eigenvalue weighted by atomic mass is 16.6. The molecule has 0 amide bonds. The molecule has 2 aromatic rings. The Kier molecular flexibility index (Phi) is 9.36. The monoisotopic (exact) mass is 463 g/mol. The van der Waals surface area contributed by atoms with Crippen LogP contribution in [0.5, 0.6) is 5.95 Å². The molecule has 0 N–H and O–H groups in total. The number of non-ortho nitro benzene ring substituents is 1. The van der Waals surface area contributed by atoms with Gasteiger partial charge in [-0.1, -0.05) is 46.6 Å². The van der Waals surface area contributed by atoms with E-state index in [1.54, 1.807) is 26.0 Å². The number of rotatable bonds is 9. The van der Waals surface area contributed by atoms with E-state index in [1.807, 2.05) is 19.9 Å². The van der Waals surface area contributed by atoms with Gasteiger partial charge in [-0.05, 0) is 65.7 Å². The van der Waals surface area contributed by atoms with Crippen LogP contribution in [-0.2, 0) is 6.42 Å². The average Bonchev–Trinajstić information content (AvgIpc) is 2.77. The largest absolute Gasteiger partial charge is 0.468 e. The number of hydrogen-bond donors (Lipinski definition) is 0. The summed E-state index contributed by atoms with van der Waals surface area (Å²) in [5.74, 6) is 0.936. The van der Waals surface area contributed by atoms with Gasteiger partial charge in [0.25, 0.3) is 11.6 Å². The number of methoxy groups -OCH3 is 1. The fraction of sp³-hybridized carbons (Fsp3) is 0.321. The van der Waals surface area contributed by atoms with Gasteiger partial charge in [0.2, 0.25) is 0 Å². The second-order valence-corrected chi connectivity index (χ2v) is 8.60. The van der Waals surface area contributed by atoms with Crippen LogP contribution in [0.3, 0.4) is 0 Å². The van der Waals surface area contributed by atoms with Crippen LogP contribution in [0.15, 0.2) is 74.0 Å². The van der Waals surface area contributed by atoms with Gasteiger partial charge in [-0.3, -0.25) is 14.9 Å². The predicted octanol–water partition coefficient (Wildman–Crippen LogP) is 7.05.